The molecular weight excluding hydrogens is 253 g/mol. The van der Waals surface area contributed by atoms with Crippen LogP contribution in [0.1, 0.15) is 32.3 Å². The fourth-order valence-corrected chi connectivity index (χ4v) is 1.89. The molecule has 0 spiro atoms. The zero-order valence-electron chi connectivity index (χ0n) is 11.0. The number of rotatable bonds is 7. The summed E-state index contributed by atoms with van der Waals surface area (Å²) in [6.07, 6.45) is 1.96. The van der Waals surface area contributed by atoms with Crippen LogP contribution in [0.4, 0.5) is 4.39 Å². The Bertz CT molecular complexity index is 382. The van der Waals surface area contributed by atoms with E-state index in [1.807, 2.05) is 13.8 Å². The highest BCUT2D eigenvalue weighted by Gasteiger charge is 2.15. The summed E-state index contributed by atoms with van der Waals surface area (Å²) in [6, 6.07) is 4.44. The summed E-state index contributed by atoms with van der Waals surface area (Å²) in [4.78, 5) is 0. The Morgan fingerprint density at radius 3 is 2.72 bits per heavy atom. The van der Waals surface area contributed by atoms with E-state index in [4.69, 9.17) is 16.7 Å². The van der Waals surface area contributed by atoms with Crippen molar-refractivity contribution in [1.82, 2.24) is 5.32 Å². The zero-order chi connectivity index (χ0) is 13.6. The minimum atomic E-state index is -0.312. The zero-order valence-corrected chi connectivity index (χ0v) is 11.7. The van der Waals surface area contributed by atoms with Crippen molar-refractivity contribution in [3.63, 3.8) is 0 Å². The van der Waals surface area contributed by atoms with Crippen LogP contribution in [0.2, 0.25) is 5.02 Å². The van der Waals surface area contributed by atoms with E-state index in [-0.39, 0.29) is 17.8 Å². The first kappa shape index (κ1) is 15.4. The van der Waals surface area contributed by atoms with Crippen LogP contribution < -0.4 is 5.32 Å². The van der Waals surface area contributed by atoms with Crippen molar-refractivity contribution in [2.24, 2.45) is 5.41 Å². The van der Waals surface area contributed by atoms with Crippen molar-refractivity contribution in [2.45, 2.75) is 33.2 Å². The Morgan fingerprint density at radius 2 is 2.11 bits per heavy atom. The highest BCUT2D eigenvalue weighted by Crippen LogP contribution is 2.20. The smallest absolute Gasteiger partial charge is 0.124 e. The van der Waals surface area contributed by atoms with E-state index in [1.165, 1.54) is 12.1 Å². The molecule has 0 aliphatic rings. The Balaban J connectivity index is 2.26. The van der Waals surface area contributed by atoms with E-state index in [2.05, 4.69) is 5.32 Å². The number of aliphatic hydroxyl groups excluding tert-OH is 1. The number of nitrogens with one attached hydrogen (secondary N) is 1. The average Bonchev–Trinajstić information content (AvgIpc) is 2.31. The molecule has 2 N–H and O–H groups in total. The molecular formula is C14H21ClFNO. The van der Waals surface area contributed by atoms with Crippen LogP contribution in [-0.4, -0.2) is 18.3 Å². The second-order valence-corrected chi connectivity index (χ2v) is 5.75. The number of hydrogen-bond donors (Lipinski definition) is 2. The van der Waals surface area contributed by atoms with E-state index in [1.54, 1.807) is 6.07 Å². The standard InChI is InChI=1S/C14H21ClFNO/c1-14(2,10-18)6-3-7-17-9-11-4-5-12(16)8-13(11)15/h4-5,8,17-18H,3,6-7,9-10H2,1-2H3. The van der Waals surface area contributed by atoms with Crippen molar-refractivity contribution >= 4 is 11.6 Å². The molecule has 0 amide bonds. The maximum absolute atomic E-state index is 12.8. The van der Waals surface area contributed by atoms with Gasteiger partial charge in [0.1, 0.15) is 5.82 Å². The predicted octanol–water partition coefficient (Wildman–Crippen LogP) is 3.37. The molecule has 2 nitrogen and oxygen atoms in total. The molecule has 1 rings (SSSR count). The normalized spacial score (nSPS) is 11.8. The lowest BCUT2D eigenvalue weighted by Gasteiger charge is -2.21. The maximum atomic E-state index is 12.8. The molecule has 0 heterocycles. The van der Waals surface area contributed by atoms with E-state index in [0.29, 0.717) is 11.6 Å². The third-order valence-electron chi connectivity index (χ3n) is 2.97. The van der Waals surface area contributed by atoms with Gasteiger partial charge in [0.2, 0.25) is 0 Å². The van der Waals surface area contributed by atoms with Crippen molar-refractivity contribution in [2.75, 3.05) is 13.2 Å². The Kier molecular flexibility index (Phi) is 6.06. The summed E-state index contributed by atoms with van der Waals surface area (Å²) in [6.45, 7) is 5.79. The second-order valence-electron chi connectivity index (χ2n) is 5.34. The number of benzene rings is 1. The molecule has 18 heavy (non-hydrogen) atoms. The lowest BCUT2D eigenvalue weighted by Crippen LogP contribution is -2.21. The highest BCUT2D eigenvalue weighted by atomic mass is 35.5. The average molecular weight is 274 g/mol. The van der Waals surface area contributed by atoms with Gasteiger partial charge in [-0.25, -0.2) is 4.39 Å². The lowest BCUT2D eigenvalue weighted by molar-refractivity contribution is 0.148. The minimum Gasteiger partial charge on any atom is -0.396 e. The van der Waals surface area contributed by atoms with E-state index >= 15 is 0 Å². The molecule has 0 aromatic heterocycles. The molecule has 1 aromatic carbocycles. The van der Waals surface area contributed by atoms with Gasteiger partial charge >= 0.3 is 0 Å². The Morgan fingerprint density at radius 1 is 1.39 bits per heavy atom. The third-order valence-corrected chi connectivity index (χ3v) is 3.32. The largest absolute Gasteiger partial charge is 0.396 e. The molecule has 0 saturated carbocycles. The Labute approximate surface area is 113 Å². The Hall–Kier alpha value is -0.640. The van der Waals surface area contributed by atoms with Crippen LogP contribution in [0.5, 0.6) is 0 Å². The number of aliphatic hydroxyl groups is 1. The summed E-state index contributed by atoms with van der Waals surface area (Å²) in [5.74, 6) is -0.312. The SMILES string of the molecule is CC(C)(CO)CCCNCc1ccc(F)cc1Cl. The molecule has 0 fully saturated rings. The fourth-order valence-electron chi connectivity index (χ4n) is 1.66. The van der Waals surface area contributed by atoms with Gasteiger partial charge < -0.3 is 10.4 Å². The van der Waals surface area contributed by atoms with Gasteiger partial charge in [-0.05, 0) is 42.5 Å². The van der Waals surface area contributed by atoms with Crippen molar-refractivity contribution < 1.29 is 9.50 Å². The van der Waals surface area contributed by atoms with Gasteiger partial charge in [0.25, 0.3) is 0 Å². The minimum absolute atomic E-state index is 0.0187. The topological polar surface area (TPSA) is 32.3 Å². The quantitative estimate of drug-likeness (QED) is 0.747. The van der Waals surface area contributed by atoms with Gasteiger partial charge in [-0.1, -0.05) is 31.5 Å². The second kappa shape index (κ2) is 7.07. The number of halogens is 2. The molecule has 0 aliphatic carbocycles. The van der Waals surface area contributed by atoms with Crippen LogP contribution in [0.15, 0.2) is 18.2 Å². The van der Waals surface area contributed by atoms with Crippen LogP contribution in [0, 0.1) is 11.2 Å². The maximum Gasteiger partial charge on any atom is 0.124 e. The van der Waals surface area contributed by atoms with E-state index in [0.717, 1.165) is 24.9 Å². The van der Waals surface area contributed by atoms with Gasteiger partial charge in [0.05, 0.1) is 0 Å². The fraction of sp³-hybridized carbons (Fsp3) is 0.571. The van der Waals surface area contributed by atoms with Crippen molar-refractivity contribution in [3.05, 3.63) is 34.6 Å². The van der Waals surface area contributed by atoms with Gasteiger partial charge in [-0.15, -0.1) is 0 Å². The summed E-state index contributed by atoms with van der Waals surface area (Å²) in [5.41, 5.74) is 0.884. The van der Waals surface area contributed by atoms with Crippen LogP contribution in [0.3, 0.4) is 0 Å². The summed E-state index contributed by atoms with van der Waals surface area (Å²) in [5, 5.41) is 12.8. The summed E-state index contributed by atoms with van der Waals surface area (Å²) < 4.78 is 12.8. The molecule has 0 saturated heterocycles. The molecule has 0 bridgehead atoms. The highest BCUT2D eigenvalue weighted by molar-refractivity contribution is 6.31. The molecule has 0 atom stereocenters. The summed E-state index contributed by atoms with van der Waals surface area (Å²) >= 11 is 5.92. The molecule has 1 aromatic rings. The molecule has 0 aliphatic heterocycles. The van der Waals surface area contributed by atoms with E-state index < -0.39 is 0 Å². The lowest BCUT2D eigenvalue weighted by atomic mass is 9.89. The molecule has 4 heteroatoms. The van der Waals surface area contributed by atoms with E-state index in [9.17, 15) is 4.39 Å². The molecule has 102 valence electrons. The first-order valence-corrected chi connectivity index (χ1v) is 6.58. The molecule has 0 unspecified atom stereocenters. The van der Waals surface area contributed by atoms with Crippen LogP contribution >= 0.6 is 11.6 Å². The van der Waals surface area contributed by atoms with Crippen molar-refractivity contribution in [1.29, 1.82) is 0 Å². The van der Waals surface area contributed by atoms with Gasteiger partial charge in [-0.2, -0.15) is 0 Å². The summed E-state index contributed by atoms with van der Waals surface area (Å²) in [7, 11) is 0. The predicted molar refractivity (Wildman–Crippen MR) is 73.2 cm³/mol. The van der Waals surface area contributed by atoms with Gasteiger partial charge in [0, 0.05) is 18.2 Å². The van der Waals surface area contributed by atoms with Crippen LogP contribution in [-0.2, 0) is 6.54 Å². The number of hydrogen-bond acceptors (Lipinski definition) is 2. The first-order chi connectivity index (χ1) is 8.44. The molecule has 0 radical (unpaired) electrons. The van der Waals surface area contributed by atoms with Crippen molar-refractivity contribution in [3.8, 4) is 0 Å². The monoisotopic (exact) mass is 273 g/mol. The van der Waals surface area contributed by atoms with Crippen LogP contribution in [0.25, 0.3) is 0 Å². The third kappa shape index (κ3) is 5.34. The first-order valence-electron chi connectivity index (χ1n) is 6.20. The van der Waals surface area contributed by atoms with Gasteiger partial charge in [-0.3, -0.25) is 0 Å². The van der Waals surface area contributed by atoms with Gasteiger partial charge in [0.15, 0.2) is 0 Å².